The van der Waals surface area contributed by atoms with Gasteiger partial charge in [-0.3, -0.25) is 4.79 Å². The largest absolute Gasteiger partial charge is 0.336 e. The van der Waals surface area contributed by atoms with Crippen LogP contribution in [0.1, 0.15) is 42.2 Å². The summed E-state index contributed by atoms with van der Waals surface area (Å²) in [4.78, 5) is 15.2. The molecule has 1 aromatic carbocycles. The van der Waals surface area contributed by atoms with Gasteiger partial charge in [-0.15, -0.1) is 0 Å². The van der Waals surface area contributed by atoms with E-state index in [9.17, 15) is 4.79 Å². The molecule has 124 valence electrons. The average Bonchev–Trinajstić information content (AvgIpc) is 2.76. The molecule has 23 heavy (non-hydrogen) atoms. The molecule has 0 unspecified atom stereocenters. The van der Waals surface area contributed by atoms with Crippen LogP contribution in [0.25, 0.3) is 10.9 Å². The molecule has 0 saturated carbocycles. The predicted octanol–water partition coefficient (Wildman–Crippen LogP) is 3.19. The number of carbonyl (C=O) groups excluding carboxylic acids is 1. The highest BCUT2D eigenvalue weighted by molar-refractivity contribution is 6.01. The van der Waals surface area contributed by atoms with Gasteiger partial charge in [0.25, 0.3) is 5.91 Å². The highest BCUT2D eigenvalue weighted by Crippen LogP contribution is 2.27. The van der Waals surface area contributed by atoms with E-state index in [1.165, 1.54) is 10.9 Å². The van der Waals surface area contributed by atoms with Gasteiger partial charge in [0.05, 0.1) is 0 Å². The van der Waals surface area contributed by atoms with Crippen molar-refractivity contribution < 1.29 is 4.79 Å². The van der Waals surface area contributed by atoms with Gasteiger partial charge in [0.15, 0.2) is 0 Å². The number of fused-ring (bicyclic) bond motifs is 1. The molecule has 0 spiro atoms. The van der Waals surface area contributed by atoms with Crippen molar-refractivity contribution in [2.24, 2.45) is 0 Å². The van der Waals surface area contributed by atoms with Crippen molar-refractivity contribution in [1.82, 2.24) is 14.8 Å². The van der Waals surface area contributed by atoms with Crippen LogP contribution in [0.15, 0.2) is 24.3 Å². The molecule has 0 aliphatic carbocycles. The Balaban J connectivity index is 2.03. The van der Waals surface area contributed by atoms with E-state index in [0.29, 0.717) is 0 Å². The molecule has 1 amide bonds. The van der Waals surface area contributed by atoms with Gasteiger partial charge in [-0.05, 0) is 37.9 Å². The highest BCUT2D eigenvalue weighted by atomic mass is 16.2. The Morgan fingerprint density at radius 2 is 2.04 bits per heavy atom. The van der Waals surface area contributed by atoms with Gasteiger partial charge in [-0.1, -0.05) is 31.5 Å². The maximum Gasteiger partial charge on any atom is 0.270 e. The van der Waals surface area contributed by atoms with Crippen LogP contribution >= 0.6 is 0 Å². The average molecular weight is 313 g/mol. The normalized spacial score (nSPS) is 15.8. The molecular formula is C19H27N3O. The van der Waals surface area contributed by atoms with Crippen LogP contribution in [0, 0.1) is 6.92 Å². The minimum Gasteiger partial charge on any atom is -0.336 e. The third kappa shape index (κ3) is 3.13. The van der Waals surface area contributed by atoms with Crippen molar-refractivity contribution in [1.29, 1.82) is 0 Å². The van der Waals surface area contributed by atoms with E-state index in [1.807, 2.05) is 4.90 Å². The van der Waals surface area contributed by atoms with Crippen LogP contribution in [-0.4, -0.2) is 41.6 Å². The molecule has 1 fully saturated rings. The highest BCUT2D eigenvalue weighted by Gasteiger charge is 2.24. The number of para-hydroxylation sites is 1. The van der Waals surface area contributed by atoms with Crippen LogP contribution in [-0.2, 0) is 6.54 Å². The van der Waals surface area contributed by atoms with Gasteiger partial charge in [0, 0.05) is 37.1 Å². The van der Waals surface area contributed by atoms with Crippen molar-refractivity contribution in [3.8, 4) is 0 Å². The zero-order valence-corrected chi connectivity index (χ0v) is 14.3. The molecular weight excluding hydrogens is 286 g/mol. The van der Waals surface area contributed by atoms with Crippen molar-refractivity contribution in [2.45, 2.75) is 39.7 Å². The number of unbranched alkanes of at least 4 members (excludes halogenated alkanes) is 1. The van der Waals surface area contributed by atoms with Gasteiger partial charge in [0.2, 0.25) is 0 Å². The van der Waals surface area contributed by atoms with Gasteiger partial charge in [-0.2, -0.15) is 0 Å². The number of aryl methyl sites for hydroxylation is 2. The molecule has 4 heteroatoms. The van der Waals surface area contributed by atoms with E-state index >= 15 is 0 Å². The monoisotopic (exact) mass is 313 g/mol. The number of nitrogens with zero attached hydrogens (tertiary/aromatic N) is 2. The lowest BCUT2D eigenvalue weighted by Gasteiger charge is -2.22. The number of rotatable bonds is 4. The third-order valence-corrected chi connectivity index (χ3v) is 4.79. The molecule has 1 aliphatic heterocycles. The summed E-state index contributed by atoms with van der Waals surface area (Å²) >= 11 is 0. The second kappa shape index (κ2) is 7.18. The topological polar surface area (TPSA) is 37.3 Å². The number of aromatic nitrogens is 1. The zero-order valence-electron chi connectivity index (χ0n) is 14.3. The molecule has 2 aromatic rings. The molecule has 1 saturated heterocycles. The maximum absolute atomic E-state index is 13.2. The molecule has 1 N–H and O–H groups in total. The Morgan fingerprint density at radius 1 is 1.22 bits per heavy atom. The third-order valence-electron chi connectivity index (χ3n) is 4.79. The van der Waals surface area contributed by atoms with Crippen molar-refractivity contribution >= 4 is 16.8 Å². The summed E-state index contributed by atoms with van der Waals surface area (Å²) < 4.78 is 2.24. The van der Waals surface area contributed by atoms with Crippen LogP contribution in [0.5, 0.6) is 0 Å². The van der Waals surface area contributed by atoms with Crippen molar-refractivity contribution in [3.63, 3.8) is 0 Å². The number of hydrogen-bond donors (Lipinski definition) is 1. The first-order chi connectivity index (χ1) is 11.2. The smallest absolute Gasteiger partial charge is 0.270 e. The quantitative estimate of drug-likeness (QED) is 0.941. The second-order valence-corrected chi connectivity index (χ2v) is 6.39. The van der Waals surface area contributed by atoms with Gasteiger partial charge in [-0.25, -0.2) is 0 Å². The van der Waals surface area contributed by atoms with Crippen molar-refractivity contribution in [3.05, 3.63) is 35.5 Å². The zero-order chi connectivity index (χ0) is 16.2. The van der Waals surface area contributed by atoms with E-state index in [1.54, 1.807) is 0 Å². The SMILES string of the molecule is CCCCn1c(C(=O)N2CCCNCC2)c(C)c2ccccc21. The fourth-order valence-electron chi connectivity index (χ4n) is 3.50. The lowest BCUT2D eigenvalue weighted by Crippen LogP contribution is -2.35. The van der Waals surface area contributed by atoms with Crippen LogP contribution < -0.4 is 5.32 Å². The minimum absolute atomic E-state index is 0.193. The van der Waals surface area contributed by atoms with Crippen LogP contribution in [0.4, 0.5) is 0 Å². The molecule has 2 heterocycles. The fraction of sp³-hybridized carbons (Fsp3) is 0.526. The molecule has 3 rings (SSSR count). The summed E-state index contributed by atoms with van der Waals surface area (Å²) in [6.45, 7) is 8.74. The van der Waals surface area contributed by atoms with Gasteiger partial charge in [0.1, 0.15) is 5.69 Å². The van der Waals surface area contributed by atoms with Crippen molar-refractivity contribution in [2.75, 3.05) is 26.2 Å². The van der Waals surface area contributed by atoms with Gasteiger partial charge >= 0.3 is 0 Å². The summed E-state index contributed by atoms with van der Waals surface area (Å²) in [5.74, 6) is 0.193. The number of nitrogens with one attached hydrogen (secondary N) is 1. The van der Waals surface area contributed by atoms with E-state index in [0.717, 1.165) is 63.2 Å². The lowest BCUT2D eigenvalue weighted by molar-refractivity contribution is 0.0755. The standard InChI is InChI=1S/C19H27N3O/c1-3-4-13-22-17-9-6-5-8-16(17)15(2)18(22)19(23)21-12-7-10-20-11-14-21/h5-6,8-9,20H,3-4,7,10-14H2,1-2H3. The number of carbonyl (C=O) groups is 1. The predicted molar refractivity (Wildman–Crippen MR) is 95.0 cm³/mol. The summed E-state index contributed by atoms with van der Waals surface area (Å²) in [5.41, 5.74) is 3.20. The summed E-state index contributed by atoms with van der Waals surface area (Å²) in [7, 11) is 0. The fourth-order valence-corrected chi connectivity index (χ4v) is 3.50. The van der Waals surface area contributed by atoms with Gasteiger partial charge < -0.3 is 14.8 Å². The maximum atomic E-state index is 13.2. The molecule has 1 aliphatic rings. The summed E-state index contributed by atoms with van der Waals surface area (Å²) in [6, 6.07) is 8.39. The molecule has 0 radical (unpaired) electrons. The van der Waals surface area contributed by atoms with E-state index in [2.05, 4.69) is 48.0 Å². The Labute approximate surface area is 138 Å². The molecule has 0 atom stereocenters. The lowest BCUT2D eigenvalue weighted by atomic mass is 10.1. The number of hydrogen-bond acceptors (Lipinski definition) is 2. The van der Waals surface area contributed by atoms with E-state index in [-0.39, 0.29) is 5.91 Å². The minimum atomic E-state index is 0.193. The molecule has 0 bridgehead atoms. The molecule has 1 aromatic heterocycles. The molecule has 4 nitrogen and oxygen atoms in total. The number of amides is 1. The first kappa shape index (κ1) is 16.1. The Morgan fingerprint density at radius 3 is 2.87 bits per heavy atom. The summed E-state index contributed by atoms with van der Waals surface area (Å²) in [6.07, 6.45) is 3.26. The van der Waals surface area contributed by atoms with Crippen LogP contribution in [0.2, 0.25) is 0 Å². The van der Waals surface area contributed by atoms with E-state index in [4.69, 9.17) is 0 Å². The first-order valence-corrected chi connectivity index (χ1v) is 8.82. The number of benzene rings is 1. The van der Waals surface area contributed by atoms with Crippen LogP contribution in [0.3, 0.4) is 0 Å². The second-order valence-electron chi connectivity index (χ2n) is 6.39. The Kier molecular flexibility index (Phi) is 5.01. The Hall–Kier alpha value is -1.81. The summed E-state index contributed by atoms with van der Waals surface area (Å²) in [5, 5.41) is 4.58. The first-order valence-electron chi connectivity index (χ1n) is 8.82. The van der Waals surface area contributed by atoms with E-state index < -0.39 is 0 Å². The Bertz CT molecular complexity index is 681.